The quantitative estimate of drug-likeness (QED) is 0.779. The highest BCUT2D eigenvalue weighted by Gasteiger charge is 2.18. The molecule has 0 aliphatic rings. The van der Waals surface area contributed by atoms with Gasteiger partial charge in [0.05, 0.1) is 11.5 Å². The van der Waals surface area contributed by atoms with Crippen LogP contribution in [-0.4, -0.2) is 23.5 Å². The molecule has 0 saturated heterocycles. The van der Waals surface area contributed by atoms with Gasteiger partial charge in [-0.3, -0.25) is 4.79 Å². The molecule has 2 rings (SSSR count). The molecule has 1 atom stereocenters. The number of carboxylic acids is 1. The predicted molar refractivity (Wildman–Crippen MR) is 94.2 cm³/mol. The van der Waals surface area contributed by atoms with Crippen LogP contribution in [0.25, 0.3) is 0 Å². The summed E-state index contributed by atoms with van der Waals surface area (Å²) in [7, 11) is 0. The number of carbonyl (C=O) groups excluding carboxylic acids is 1. The van der Waals surface area contributed by atoms with Crippen molar-refractivity contribution in [2.24, 2.45) is 0 Å². The summed E-state index contributed by atoms with van der Waals surface area (Å²) >= 11 is 0. The standard InChI is InChI=1S/C20H23NO3/c1-2-7-18(16-9-4-3-5-10-16)19(22)21-13-12-15-8-6-11-17(14-15)20(23)24/h3-6,8-11,14,18H,2,7,12-13H2,1H3,(H,21,22)(H,23,24). The number of nitrogens with one attached hydrogen (secondary N) is 1. The van der Waals surface area contributed by atoms with Crippen molar-refractivity contribution in [2.75, 3.05) is 6.54 Å². The third kappa shape index (κ3) is 4.95. The molecule has 0 spiro atoms. The van der Waals surface area contributed by atoms with Gasteiger partial charge in [0.25, 0.3) is 0 Å². The van der Waals surface area contributed by atoms with Crippen molar-refractivity contribution in [2.45, 2.75) is 32.1 Å². The average Bonchev–Trinajstić information content (AvgIpc) is 2.60. The maximum absolute atomic E-state index is 12.5. The molecule has 24 heavy (non-hydrogen) atoms. The molecule has 0 saturated carbocycles. The zero-order valence-corrected chi connectivity index (χ0v) is 13.9. The Bertz CT molecular complexity index is 682. The number of rotatable bonds is 8. The summed E-state index contributed by atoms with van der Waals surface area (Å²) in [5.41, 5.74) is 2.21. The number of amides is 1. The molecular formula is C20H23NO3. The zero-order chi connectivity index (χ0) is 17.4. The molecule has 0 aliphatic heterocycles. The lowest BCUT2D eigenvalue weighted by Gasteiger charge is -2.16. The first-order chi connectivity index (χ1) is 11.6. The van der Waals surface area contributed by atoms with Crippen molar-refractivity contribution in [1.29, 1.82) is 0 Å². The summed E-state index contributed by atoms with van der Waals surface area (Å²) in [4.78, 5) is 23.5. The molecule has 0 radical (unpaired) electrons. The predicted octanol–water partition coefficient (Wildman–Crippen LogP) is 3.63. The van der Waals surface area contributed by atoms with Gasteiger partial charge in [-0.25, -0.2) is 4.79 Å². The van der Waals surface area contributed by atoms with Crippen molar-refractivity contribution in [3.8, 4) is 0 Å². The van der Waals surface area contributed by atoms with Gasteiger partial charge >= 0.3 is 5.97 Å². The lowest BCUT2D eigenvalue weighted by Crippen LogP contribution is -2.31. The van der Waals surface area contributed by atoms with E-state index in [4.69, 9.17) is 5.11 Å². The van der Waals surface area contributed by atoms with E-state index in [9.17, 15) is 9.59 Å². The number of hydrogen-bond donors (Lipinski definition) is 2. The fourth-order valence-corrected chi connectivity index (χ4v) is 2.74. The maximum Gasteiger partial charge on any atom is 0.335 e. The molecule has 1 unspecified atom stereocenters. The van der Waals surface area contributed by atoms with Gasteiger partial charge in [0.1, 0.15) is 0 Å². The van der Waals surface area contributed by atoms with Crippen LogP contribution in [0.4, 0.5) is 0 Å². The average molecular weight is 325 g/mol. The van der Waals surface area contributed by atoms with Crippen molar-refractivity contribution >= 4 is 11.9 Å². The highest BCUT2D eigenvalue weighted by atomic mass is 16.4. The van der Waals surface area contributed by atoms with Crippen molar-refractivity contribution in [3.63, 3.8) is 0 Å². The first kappa shape index (κ1) is 17.7. The van der Waals surface area contributed by atoms with E-state index in [0.717, 1.165) is 24.0 Å². The summed E-state index contributed by atoms with van der Waals surface area (Å²) in [6.45, 7) is 2.57. The number of carbonyl (C=O) groups is 2. The Labute approximate surface area is 142 Å². The lowest BCUT2D eigenvalue weighted by atomic mass is 9.93. The minimum Gasteiger partial charge on any atom is -0.478 e. The van der Waals surface area contributed by atoms with E-state index >= 15 is 0 Å². The van der Waals surface area contributed by atoms with Crippen LogP contribution < -0.4 is 5.32 Å². The van der Waals surface area contributed by atoms with Crippen LogP contribution in [0.15, 0.2) is 54.6 Å². The smallest absolute Gasteiger partial charge is 0.335 e. The van der Waals surface area contributed by atoms with E-state index in [1.165, 1.54) is 0 Å². The second-order valence-corrected chi connectivity index (χ2v) is 5.80. The molecule has 0 bridgehead atoms. The Hall–Kier alpha value is -2.62. The van der Waals surface area contributed by atoms with Gasteiger partial charge in [0, 0.05) is 6.54 Å². The molecule has 4 heteroatoms. The van der Waals surface area contributed by atoms with E-state index in [0.29, 0.717) is 13.0 Å². The van der Waals surface area contributed by atoms with Crippen LogP contribution in [0.3, 0.4) is 0 Å². The Morgan fingerprint density at radius 1 is 1.08 bits per heavy atom. The van der Waals surface area contributed by atoms with E-state index in [1.54, 1.807) is 18.2 Å². The Kier molecular flexibility index (Phi) is 6.55. The minimum atomic E-state index is -0.937. The van der Waals surface area contributed by atoms with Crippen LogP contribution in [0.1, 0.15) is 47.2 Å². The third-order valence-corrected chi connectivity index (χ3v) is 3.98. The summed E-state index contributed by atoms with van der Waals surface area (Å²) in [5, 5.41) is 12.0. The van der Waals surface area contributed by atoms with Gasteiger partial charge in [-0.15, -0.1) is 0 Å². The first-order valence-electron chi connectivity index (χ1n) is 8.26. The lowest BCUT2D eigenvalue weighted by molar-refractivity contribution is -0.122. The van der Waals surface area contributed by atoms with Gasteiger partial charge in [-0.05, 0) is 36.1 Å². The fourth-order valence-electron chi connectivity index (χ4n) is 2.74. The van der Waals surface area contributed by atoms with Crippen molar-refractivity contribution in [3.05, 3.63) is 71.3 Å². The topological polar surface area (TPSA) is 66.4 Å². The van der Waals surface area contributed by atoms with Gasteiger partial charge in [0.15, 0.2) is 0 Å². The number of aromatic carboxylic acids is 1. The highest BCUT2D eigenvalue weighted by molar-refractivity contribution is 5.87. The number of hydrogen-bond acceptors (Lipinski definition) is 2. The summed E-state index contributed by atoms with van der Waals surface area (Å²) in [6, 6.07) is 16.6. The minimum absolute atomic E-state index is 0.0254. The van der Waals surface area contributed by atoms with E-state index < -0.39 is 5.97 Å². The SMILES string of the molecule is CCCC(C(=O)NCCc1cccc(C(=O)O)c1)c1ccccc1. The molecule has 0 heterocycles. The largest absolute Gasteiger partial charge is 0.478 e. The Morgan fingerprint density at radius 2 is 1.83 bits per heavy atom. The van der Waals surface area contributed by atoms with Crippen molar-refractivity contribution < 1.29 is 14.7 Å². The van der Waals surface area contributed by atoms with E-state index in [2.05, 4.69) is 12.2 Å². The molecule has 126 valence electrons. The van der Waals surface area contributed by atoms with Crippen LogP contribution >= 0.6 is 0 Å². The van der Waals surface area contributed by atoms with E-state index in [-0.39, 0.29) is 17.4 Å². The highest BCUT2D eigenvalue weighted by Crippen LogP contribution is 2.21. The second-order valence-electron chi connectivity index (χ2n) is 5.80. The van der Waals surface area contributed by atoms with Crippen LogP contribution in [0, 0.1) is 0 Å². The van der Waals surface area contributed by atoms with Crippen LogP contribution in [0.5, 0.6) is 0 Å². The van der Waals surface area contributed by atoms with Gasteiger partial charge in [-0.1, -0.05) is 55.8 Å². The van der Waals surface area contributed by atoms with Gasteiger partial charge in [0.2, 0.25) is 5.91 Å². The molecule has 0 aromatic heterocycles. The number of carboxylic acid groups (broad SMARTS) is 1. The van der Waals surface area contributed by atoms with Crippen molar-refractivity contribution in [1.82, 2.24) is 5.32 Å². The van der Waals surface area contributed by atoms with Gasteiger partial charge < -0.3 is 10.4 Å². The number of benzene rings is 2. The maximum atomic E-state index is 12.5. The molecule has 1 amide bonds. The van der Waals surface area contributed by atoms with E-state index in [1.807, 2.05) is 36.4 Å². The molecule has 0 fully saturated rings. The van der Waals surface area contributed by atoms with Crippen LogP contribution in [0.2, 0.25) is 0 Å². The normalized spacial score (nSPS) is 11.7. The molecule has 4 nitrogen and oxygen atoms in total. The molecular weight excluding hydrogens is 302 g/mol. The third-order valence-electron chi connectivity index (χ3n) is 3.98. The fraction of sp³-hybridized carbons (Fsp3) is 0.300. The molecule has 2 aromatic carbocycles. The molecule has 2 N–H and O–H groups in total. The monoisotopic (exact) mass is 325 g/mol. The first-order valence-corrected chi connectivity index (χ1v) is 8.26. The van der Waals surface area contributed by atoms with Gasteiger partial charge in [-0.2, -0.15) is 0 Å². The van der Waals surface area contributed by atoms with Crippen LogP contribution in [-0.2, 0) is 11.2 Å². The molecule has 0 aliphatic carbocycles. The second kappa shape index (κ2) is 8.87. The summed E-state index contributed by atoms with van der Waals surface area (Å²) < 4.78 is 0. The molecule has 2 aromatic rings. The summed E-state index contributed by atoms with van der Waals surface area (Å²) in [5.74, 6) is -1.05. The Balaban J connectivity index is 1.94. The Morgan fingerprint density at radius 3 is 2.50 bits per heavy atom. The zero-order valence-electron chi connectivity index (χ0n) is 13.9. The summed E-state index contributed by atoms with van der Waals surface area (Å²) in [6.07, 6.45) is 2.36.